The normalized spacial score (nSPS) is 16.7. The Hall–Kier alpha value is -1.88. The van der Waals surface area contributed by atoms with E-state index >= 15 is 0 Å². The van der Waals surface area contributed by atoms with Gasteiger partial charge >= 0.3 is 0 Å². The number of hydrogen-bond acceptors (Lipinski definition) is 3. The predicted octanol–water partition coefficient (Wildman–Crippen LogP) is 2.53. The molecule has 0 spiro atoms. The molecule has 0 atom stereocenters. The lowest BCUT2D eigenvalue weighted by Crippen LogP contribution is -2.49. The molecule has 1 aliphatic rings. The maximum Gasteiger partial charge on any atom is 0.191 e. The SMILES string of the molecule is C=C(C)CN1CCC(NC(=NCCc2ccncc2C)NCC)CC1. The Morgan fingerprint density at radius 1 is 1.40 bits per heavy atom. The molecule has 138 valence electrons. The summed E-state index contributed by atoms with van der Waals surface area (Å²) in [5.74, 6) is 0.938. The molecule has 0 unspecified atom stereocenters. The molecule has 0 aliphatic carbocycles. The van der Waals surface area contributed by atoms with Crippen LogP contribution in [0.1, 0.15) is 37.8 Å². The number of hydrogen-bond donors (Lipinski definition) is 2. The van der Waals surface area contributed by atoms with Crippen LogP contribution in [0.2, 0.25) is 0 Å². The highest BCUT2D eigenvalue weighted by Gasteiger charge is 2.19. The smallest absolute Gasteiger partial charge is 0.191 e. The third-order valence-electron chi connectivity index (χ3n) is 4.55. The highest BCUT2D eigenvalue weighted by Crippen LogP contribution is 2.11. The molecular weight excluding hydrogens is 310 g/mol. The van der Waals surface area contributed by atoms with Crippen LogP contribution in [0.15, 0.2) is 35.6 Å². The van der Waals surface area contributed by atoms with E-state index in [2.05, 4.69) is 53.9 Å². The number of aromatic nitrogens is 1. The molecule has 0 aromatic carbocycles. The maximum absolute atomic E-state index is 4.76. The van der Waals surface area contributed by atoms with Crippen LogP contribution < -0.4 is 10.6 Å². The monoisotopic (exact) mass is 343 g/mol. The third-order valence-corrected chi connectivity index (χ3v) is 4.55. The average Bonchev–Trinajstić information content (AvgIpc) is 2.58. The minimum Gasteiger partial charge on any atom is -0.357 e. The summed E-state index contributed by atoms with van der Waals surface area (Å²) in [6, 6.07) is 2.59. The first-order valence-electron chi connectivity index (χ1n) is 9.39. The Balaban J connectivity index is 1.82. The lowest BCUT2D eigenvalue weighted by Gasteiger charge is -2.33. The van der Waals surface area contributed by atoms with E-state index in [0.717, 1.165) is 57.9 Å². The van der Waals surface area contributed by atoms with E-state index in [1.54, 1.807) is 0 Å². The molecule has 0 amide bonds. The fourth-order valence-corrected chi connectivity index (χ4v) is 3.20. The van der Waals surface area contributed by atoms with Gasteiger partial charge < -0.3 is 10.6 Å². The van der Waals surface area contributed by atoms with Crippen LogP contribution in [0.5, 0.6) is 0 Å². The fraction of sp³-hybridized carbons (Fsp3) is 0.600. The number of guanidine groups is 1. The van der Waals surface area contributed by atoms with Gasteiger partial charge in [0.15, 0.2) is 5.96 Å². The Morgan fingerprint density at radius 2 is 2.16 bits per heavy atom. The number of nitrogens with one attached hydrogen (secondary N) is 2. The van der Waals surface area contributed by atoms with Crippen LogP contribution >= 0.6 is 0 Å². The van der Waals surface area contributed by atoms with Crippen molar-refractivity contribution in [2.45, 2.75) is 46.1 Å². The number of aryl methyl sites for hydroxylation is 1. The molecule has 1 aromatic rings. The molecule has 2 heterocycles. The number of aliphatic imine (C=N–C) groups is 1. The Bertz CT molecular complexity index is 573. The van der Waals surface area contributed by atoms with E-state index in [1.165, 1.54) is 16.7 Å². The second-order valence-electron chi connectivity index (χ2n) is 6.96. The summed E-state index contributed by atoms with van der Waals surface area (Å²) in [6.45, 7) is 15.3. The van der Waals surface area contributed by atoms with Gasteiger partial charge in [-0.05, 0) is 57.2 Å². The zero-order valence-electron chi connectivity index (χ0n) is 16.0. The van der Waals surface area contributed by atoms with Gasteiger partial charge in [0.1, 0.15) is 0 Å². The Labute approximate surface area is 152 Å². The van der Waals surface area contributed by atoms with E-state index in [9.17, 15) is 0 Å². The van der Waals surface area contributed by atoms with Gasteiger partial charge in [-0.1, -0.05) is 12.2 Å². The second-order valence-corrected chi connectivity index (χ2v) is 6.96. The van der Waals surface area contributed by atoms with Crippen molar-refractivity contribution in [2.75, 3.05) is 32.7 Å². The Morgan fingerprint density at radius 3 is 2.80 bits per heavy atom. The van der Waals surface area contributed by atoms with Gasteiger partial charge in [-0.25, -0.2) is 0 Å². The first-order chi connectivity index (χ1) is 12.1. The molecule has 5 heteroatoms. The number of rotatable bonds is 7. The molecule has 25 heavy (non-hydrogen) atoms. The first kappa shape index (κ1) is 19.4. The molecule has 2 rings (SSSR count). The maximum atomic E-state index is 4.76. The quantitative estimate of drug-likeness (QED) is 0.454. The molecule has 0 bridgehead atoms. The number of pyridine rings is 1. The summed E-state index contributed by atoms with van der Waals surface area (Å²) >= 11 is 0. The number of likely N-dealkylation sites (tertiary alicyclic amines) is 1. The van der Waals surface area contributed by atoms with Gasteiger partial charge in [0.25, 0.3) is 0 Å². The van der Waals surface area contributed by atoms with Gasteiger partial charge in [-0.3, -0.25) is 14.9 Å². The highest BCUT2D eigenvalue weighted by atomic mass is 15.2. The molecule has 0 radical (unpaired) electrons. The van der Waals surface area contributed by atoms with Crippen LogP contribution in [0.25, 0.3) is 0 Å². The molecule has 1 fully saturated rings. The standard InChI is InChI=1S/C20H33N5/c1-5-22-20(23-11-7-18-6-10-21-14-17(18)4)24-19-8-12-25(13-9-19)15-16(2)3/h6,10,14,19H,2,5,7-9,11-13,15H2,1,3-4H3,(H2,22,23,24). The summed E-state index contributed by atoms with van der Waals surface area (Å²) < 4.78 is 0. The molecule has 1 saturated heterocycles. The van der Waals surface area contributed by atoms with Crippen molar-refractivity contribution in [3.8, 4) is 0 Å². The zero-order valence-corrected chi connectivity index (χ0v) is 16.0. The minimum atomic E-state index is 0.502. The molecule has 5 nitrogen and oxygen atoms in total. The van der Waals surface area contributed by atoms with Gasteiger partial charge in [0.2, 0.25) is 0 Å². The highest BCUT2D eigenvalue weighted by molar-refractivity contribution is 5.80. The minimum absolute atomic E-state index is 0.502. The fourth-order valence-electron chi connectivity index (χ4n) is 3.20. The van der Waals surface area contributed by atoms with Gasteiger partial charge in [0, 0.05) is 51.2 Å². The molecule has 1 aromatic heterocycles. The van der Waals surface area contributed by atoms with E-state index in [-0.39, 0.29) is 0 Å². The van der Waals surface area contributed by atoms with E-state index in [1.807, 2.05) is 12.4 Å². The van der Waals surface area contributed by atoms with E-state index in [0.29, 0.717) is 6.04 Å². The summed E-state index contributed by atoms with van der Waals surface area (Å²) in [7, 11) is 0. The van der Waals surface area contributed by atoms with Crippen LogP contribution in [0, 0.1) is 6.92 Å². The largest absolute Gasteiger partial charge is 0.357 e. The third kappa shape index (κ3) is 6.86. The summed E-state index contributed by atoms with van der Waals surface area (Å²) in [6.07, 6.45) is 7.03. The van der Waals surface area contributed by atoms with Crippen LogP contribution in [-0.2, 0) is 6.42 Å². The van der Waals surface area contributed by atoms with Crippen LogP contribution in [0.3, 0.4) is 0 Å². The molecule has 2 N–H and O–H groups in total. The van der Waals surface area contributed by atoms with Crippen molar-refractivity contribution in [2.24, 2.45) is 4.99 Å². The lowest BCUT2D eigenvalue weighted by atomic mass is 10.0. The summed E-state index contributed by atoms with van der Waals surface area (Å²) in [4.78, 5) is 11.4. The first-order valence-corrected chi connectivity index (χ1v) is 9.39. The molecule has 1 aliphatic heterocycles. The van der Waals surface area contributed by atoms with Gasteiger partial charge in [-0.15, -0.1) is 0 Å². The number of nitrogens with zero attached hydrogens (tertiary/aromatic N) is 3. The van der Waals surface area contributed by atoms with Crippen molar-refractivity contribution in [1.29, 1.82) is 0 Å². The van der Waals surface area contributed by atoms with Crippen LogP contribution in [-0.4, -0.2) is 54.6 Å². The Kier molecular flexibility index (Phi) is 7.92. The van der Waals surface area contributed by atoms with Crippen molar-refractivity contribution >= 4 is 5.96 Å². The van der Waals surface area contributed by atoms with E-state index in [4.69, 9.17) is 4.99 Å². The van der Waals surface area contributed by atoms with Crippen LogP contribution in [0.4, 0.5) is 0 Å². The lowest BCUT2D eigenvalue weighted by molar-refractivity contribution is 0.221. The van der Waals surface area contributed by atoms with Gasteiger partial charge in [-0.2, -0.15) is 0 Å². The van der Waals surface area contributed by atoms with Crippen molar-refractivity contribution in [3.05, 3.63) is 41.7 Å². The summed E-state index contributed by atoms with van der Waals surface area (Å²) in [5, 5.41) is 6.98. The average molecular weight is 344 g/mol. The molecule has 0 saturated carbocycles. The predicted molar refractivity (Wildman–Crippen MR) is 106 cm³/mol. The second kappa shape index (κ2) is 10.2. The molecular formula is C20H33N5. The number of piperidine rings is 1. The van der Waals surface area contributed by atoms with Crippen molar-refractivity contribution in [3.63, 3.8) is 0 Å². The summed E-state index contributed by atoms with van der Waals surface area (Å²) in [5.41, 5.74) is 3.80. The van der Waals surface area contributed by atoms with Gasteiger partial charge in [0.05, 0.1) is 0 Å². The van der Waals surface area contributed by atoms with Crippen molar-refractivity contribution < 1.29 is 0 Å². The zero-order chi connectivity index (χ0) is 18.1. The topological polar surface area (TPSA) is 52.5 Å². The van der Waals surface area contributed by atoms with Crippen molar-refractivity contribution in [1.82, 2.24) is 20.5 Å². The van der Waals surface area contributed by atoms with E-state index < -0.39 is 0 Å².